The summed E-state index contributed by atoms with van der Waals surface area (Å²) >= 11 is 0. The smallest absolute Gasteiger partial charge is 0.342 e. The molecule has 2 heterocycles. The van der Waals surface area contributed by atoms with Crippen molar-refractivity contribution >= 4 is 52.2 Å². The van der Waals surface area contributed by atoms with Crippen molar-refractivity contribution in [1.29, 1.82) is 0 Å². The number of phenols is 1. The van der Waals surface area contributed by atoms with E-state index in [2.05, 4.69) is 84.7 Å². The summed E-state index contributed by atoms with van der Waals surface area (Å²) in [7, 11) is -2.98. The molecule has 0 aliphatic carbocycles. The molecule has 0 amide bonds. The Morgan fingerprint density at radius 3 is 2.03 bits per heavy atom. The van der Waals surface area contributed by atoms with Gasteiger partial charge in [0.25, 0.3) is 0 Å². The Labute approximate surface area is 450 Å². The van der Waals surface area contributed by atoms with E-state index in [4.69, 9.17) is 28.5 Å². The van der Waals surface area contributed by atoms with Gasteiger partial charge in [0, 0.05) is 14.7 Å². The lowest BCUT2D eigenvalue weighted by molar-refractivity contribution is -0.145. The van der Waals surface area contributed by atoms with Crippen molar-refractivity contribution in [3.63, 3.8) is 0 Å². The number of aliphatic hydroxyl groups excluding tert-OH is 2. The van der Waals surface area contributed by atoms with Gasteiger partial charge >= 0.3 is 17.9 Å². The number of hydrogen-bond acceptors (Lipinski definition) is 12. The largest absolute Gasteiger partial charge is 0.507 e. The number of fused-ring (bicyclic) bond motifs is 1. The van der Waals surface area contributed by atoms with E-state index < -0.39 is 52.1 Å². The number of carboxylic acid groups (broad SMARTS) is 1. The molecule has 416 valence electrons. The van der Waals surface area contributed by atoms with Crippen LogP contribution in [0.5, 0.6) is 5.75 Å². The molecule has 3 aromatic carbocycles. The van der Waals surface area contributed by atoms with Gasteiger partial charge in [-0.3, -0.25) is 4.79 Å². The molecule has 3 aromatic rings. The first kappa shape index (κ1) is 67.7. The number of ether oxygens (including phenoxy) is 4. The van der Waals surface area contributed by atoms with Crippen molar-refractivity contribution in [2.24, 2.45) is 0 Å². The number of cyclic esters (lactones) is 1. The molecule has 4 N–H and O–H groups in total. The predicted molar refractivity (Wildman–Crippen MR) is 308 cm³/mol. The van der Waals surface area contributed by atoms with Gasteiger partial charge in [0.15, 0.2) is 19.9 Å². The van der Waals surface area contributed by atoms with Gasteiger partial charge in [-0.15, -0.1) is 0 Å². The fraction of sp³-hybridized carbons (Fsp3) is 0.500. The zero-order valence-electron chi connectivity index (χ0n) is 45.5. The molecule has 2 aliphatic rings. The van der Waals surface area contributed by atoms with E-state index in [9.17, 15) is 34.5 Å². The summed E-state index contributed by atoms with van der Waals surface area (Å²) in [6.45, 7) is 29.3. The van der Waals surface area contributed by atoms with E-state index >= 15 is 0 Å². The number of aryl methyl sites for hydroxylation is 3. The molecular formula is C60H90O13Si2. The SMILES string of the molecule is C.C.Cc1cc(C)c(C(=O)OCC[Si](C)(C)C)c(/C=C/C[C@@H]2OC(C)(C)OC2C/C=C\CCO[Si](C)(C)C(C)(C)C)c1.Cc1cc(O)c2c(c1)/C=C/C[C@H](O)[C@H](O)C(=O)/C=C\CCOC2=O.O=C(O)c1ccccc1. The fourth-order valence-electron chi connectivity index (χ4n) is 7.49. The van der Waals surface area contributed by atoms with Crippen molar-refractivity contribution in [2.75, 3.05) is 19.8 Å². The Hall–Kier alpha value is -5.27. The van der Waals surface area contributed by atoms with Gasteiger partial charge in [-0.25, -0.2) is 14.4 Å². The van der Waals surface area contributed by atoms with Crippen LogP contribution in [0, 0.1) is 20.8 Å². The van der Waals surface area contributed by atoms with Crippen LogP contribution in [-0.4, -0.2) is 111 Å². The number of aromatic carboxylic acids is 1. The molecule has 0 aromatic heterocycles. The molecule has 0 spiro atoms. The number of benzene rings is 3. The second-order valence-electron chi connectivity index (χ2n) is 21.7. The third kappa shape index (κ3) is 23.3. The van der Waals surface area contributed by atoms with Crippen molar-refractivity contribution in [3.05, 3.63) is 136 Å². The average molecular weight is 1080 g/mol. The number of aliphatic hydroxyl groups is 2. The first-order valence-corrected chi connectivity index (χ1v) is 31.7. The molecule has 5 rings (SSSR count). The number of esters is 2. The molecular weight excluding hydrogens is 985 g/mol. The lowest BCUT2D eigenvalue weighted by atomic mass is 9.97. The maximum Gasteiger partial charge on any atom is 0.342 e. The van der Waals surface area contributed by atoms with E-state index in [1.54, 1.807) is 49.4 Å². The lowest BCUT2D eigenvalue weighted by Crippen LogP contribution is -2.40. The number of ketones is 1. The molecule has 15 heteroatoms. The zero-order chi connectivity index (χ0) is 54.7. The number of carbonyl (C=O) groups excluding carboxylic acids is 3. The summed E-state index contributed by atoms with van der Waals surface area (Å²) in [6.07, 6.45) is 14.1. The Balaban J connectivity index is 0.000000674. The maximum atomic E-state index is 13.0. The van der Waals surface area contributed by atoms with E-state index in [0.29, 0.717) is 29.7 Å². The first-order valence-electron chi connectivity index (χ1n) is 25.1. The summed E-state index contributed by atoms with van der Waals surface area (Å²) in [6, 6.07) is 16.5. The van der Waals surface area contributed by atoms with Crippen molar-refractivity contribution in [2.45, 2.75) is 176 Å². The lowest BCUT2D eigenvalue weighted by Gasteiger charge is -2.36. The number of carboxylic acids is 1. The molecule has 0 saturated carbocycles. The summed E-state index contributed by atoms with van der Waals surface area (Å²) in [4.78, 5) is 47.1. The number of hydrogen-bond donors (Lipinski definition) is 4. The van der Waals surface area contributed by atoms with Crippen LogP contribution in [0.4, 0.5) is 0 Å². The second kappa shape index (κ2) is 31.1. The van der Waals surface area contributed by atoms with Crippen LogP contribution >= 0.6 is 0 Å². The molecule has 4 atom stereocenters. The Morgan fingerprint density at radius 2 is 1.44 bits per heavy atom. The van der Waals surface area contributed by atoms with Crippen molar-refractivity contribution in [3.8, 4) is 5.75 Å². The predicted octanol–water partition coefficient (Wildman–Crippen LogP) is 13.2. The highest BCUT2D eigenvalue weighted by atomic mass is 28.4. The number of phenolic OH excluding ortho intramolecular Hbond substituents is 1. The highest BCUT2D eigenvalue weighted by Crippen LogP contribution is 2.37. The Bertz CT molecular complexity index is 2420. The molecule has 0 radical (unpaired) electrons. The minimum Gasteiger partial charge on any atom is -0.507 e. The van der Waals surface area contributed by atoms with Gasteiger partial charge in [-0.2, -0.15) is 0 Å². The Morgan fingerprint density at radius 1 is 0.827 bits per heavy atom. The molecule has 0 bridgehead atoms. The first-order chi connectivity index (χ1) is 34.0. The molecule has 1 saturated heterocycles. The highest BCUT2D eigenvalue weighted by molar-refractivity contribution is 6.76. The van der Waals surface area contributed by atoms with Gasteiger partial charge in [-0.1, -0.05) is 140 Å². The monoisotopic (exact) mass is 1070 g/mol. The minimum absolute atomic E-state index is 0. The molecule has 1 unspecified atom stereocenters. The van der Waals surface area contributed by atoms with E-state index in [0.717, 1.165) is 53.8 Å². The van der Waals surface area contributed by atoms with Crippen LogP contribution in [0.2, 0.25) is 43.8 Å². The zero-order valence-corrected chi connectivity index (χ0v) is 47.5. The maximum absolute atomic E-state index is 13.0. The van der Waals surface area contributed by atoms with Crippen LogP contribution < -0.4 is 0 Å². The van der Waals surface area contributed by atoms with Crippen molar-refractivity contribution < 1.29 is 63.0 Å². The van der Waals surface area contributed by atoms with Crippen LogP contribution in [0.15, 0.2) is 91.1 Å². The van der Waals surface area contributed by atoms with Crippen LogP contribution in [-0.2, 0) is 28.2 Å². The van der Waals surface area contributed by atoms with Gasteiger partial charge in [0.2, 0.25) is 0 Å². The van der Waals surface area contributed by atoms with Gasteiger partial charge in [0.1, 0.15) is 17.4 Å². The van der Waals surface area contributed by atoms with Crippen LogP contribution in [0.1, 0.15) is 140 Å². The molecule has 1 fully saturated rings. The van der Waals surface area contributed by atoms with Crippen LogP contribution in [0.3, 0.4) is 0 Å². The quantitative estimate of drug-likeness (QED) is 0.0516. The third-order valence-corrected chi connectivity index (χ3v) is 18.7. The standard InChI is InChI=1S/C33H56O5Si2.C18H20O6.C7H6O2.2CH4/c1-25-23-26(2)30(31(34)35-21-22-39(8,9)10)27(24-25)17-16-19-29-28(37-33(6,7)38-29)18-14-13-15-20-36-40(11,12)32(3,4)5;1-11-9-12-5-4-7-14(20)17(22)13(19)6-2-3-8-24-18(23)16(12)15(21)10-11;8-7(9)6-4-2-1-3-5-6;;/h13-14,16-17,23-24,28-29H,15,18-22H2,1-12H3;2,4-6,9-10,14,17,20-22H,3,7-8H2,1H3;1-5H,(H,8,9);2*1H4/b14-13-,17-16+;5-4+,6-2-;;;/t28?,29-;14-,17+;;;/m00.../s1. The molecule has 13 nitrogen and oxygen atoms in total. The number of aromatic hydroxyl groups is 1. The van der Waals surface area contributed by atoms with E-state index in [-0.39, 0.29) is 68.8 Å². The fourth-order valence-corrected chi connectivity index (χ4v) is 9.27. The van der Waals surface area contributed by atoms with Gasteiger partial charge in [-0.05, 0) is 137 Å². The van der Waals surface area contributed by atoms with Gasteiger partial charge in [0.05, 0.1) is 42.7 Å². The topological polar surface area (TPSA) is 195 Å². The van der Waals surface area contributed by atoms with Crippen LogP contribution in [0.25, 0.3) is 12.2 Å². The van der Waals surface area contributed by atoms with E-state index in [1.807, 2.05) is 32.9 Å². The minimum atomic E-state index is -1.71. The normalized spacial score (nSPS) is 19.9. The number of carbonyl (C=O) groups is 4. The highest BCUT2D eigenvalue weighted by Gasteiger charge is 2.40. The van der Waals surface area contributed by atoms with Crippen molar-refractivity contribution in [1.82, 2.24) is 0 Å². The summed E-state index contributed by atoms with van der Waals surface area (Å²) in [5, 5.41) is 38.3. The Kier molecular flexibility index (Phi) is 28.1. The summed E-state index contributed by atoms with van der Waals surface area (Å²) in [5.41, 5.74) is 5.19. The second-order valence-corrected chi connectivity index (χ2v) is 32.2. The summed E-state index contributed by atoms with van der Waals surface area (Å²) in [5.74, 6) is -3.18. The van der Waals surface area contributed by atoms with E-state index in [1.165, 1.54) is 18.2 Å². The average Bonchev–Trinajstić information content (AvgIpc) is 3.58. The number of rotatable bonds is 14. The molecule has 75 heavy (non-hydrogen) atoms. The summed E-state index contributed by atoms with van der Waals surface area (Å²) < 4.78 is 29.6. The van der Waals surface area contributed by atoms with Gasteiger partial charge < -0.3 is 43.8 Å². The third-order valence-electron chi connectivity index (χ3n) is 12.5. The molecule has 2 aliphatic heterocycles.